The summed E-state index contributed by atoms with van der Waals surface area (Å²) >= 11 is 12.3. The lowest BCUT2D eigenvalue weighted by atomic mass is 10.1. The third kappa shape index (κ3) is 6.02. The van der Waals surface area contributed by atoms with Crippen LogP contribution >= 0.6 is 23.2 Å². The molecule has 4 nitrogen and oxygen atoms in total. The van der Waals surface area contributed by atoms with Crippen molar-refractivity contribution in [1.82, 2.24) is 0 Å². The van der Waals surface area contributed by atoms with Crippen molar-refractivity contribution in [3.8, 4) is 11.8 Å². The maximum atomic E-state index is 12.5. The van der Waals surface area contributed by atoms with Gasteiger partial charge >= 0.3 is 0 Å². The van der Waals surface area contributed by atoms with Gasteiger partial charge in [-0.05, 0) is 48.7 Å². The summed E-state index contributed by atoms with van der Waals surface area (Å²) in [6.07, 6.45) is 1.43. The molecule has 0 heterocycles. The lowest BCUT2D eigenvalue weighted by molar-refractivity contribution is -0.112. The Bertz CT molecular complexity index is 915. The van der Waals surface area contributed by atoms with Crippen molar-refractivity contribution in [2.24, 2.45) is 5.92 Å². The first-order valence-electron chi connectivity index (χ1n) is 8.41. The fraction of sp³-hybridized carbons (Fsp3) is 0.238. The highest BCUT2D eigenvalue weighted by atomic mass is 35.5. The van der Waals surface area contributed by atoms with Crippen molar-refractivity contribution in [3.63, 3.8) is 0 Å². The number of nitrogens with one attached hydrogen (secondary N) is 1. The number of benzene rings is 2. The molecule has 2 aromatic carbocycles. The molecule has 0 spiro atoms. The fourth-order valence-electron chi connectivity index (χ4n) is 2.32. The highest BCUT2D eigenvalue weighted by Crippen LogP contribution is 2.34. The number of hydrogen-bond donors (Lipinski definition) is 1. The molecular weight excluding hydrogens is 383 g/mol. The Hall–Kier alpha value is -2.48. The monoisotopic (exact) mass is 402 g/mol. The van der Waals surface area contributed by atoms with Gasteiger partial charge in [0, 0.05) is 16.3 Å². The van der Waals surface area contributed by atoms with E-state index in [1.54, 1.807) is 18.2 Å². The number of hydrogen-bond acceptors (Lipinski definition) is 3. The predicted molar refractivity (Wildman–Crippen MR) is 110 cm³/mol. The Kier molecular flexibility index (Phi) is 7.29. The topological polar surface area (TPSA) is 62.1 Å². The minimum absolute atomic E-state index is 0.0794. The van der Waals surface area contributed by atoms with Gasteiger partial charge in [-0.3, -0.25) is 4.79 Å². The van der Waals surface area contributed by atoms with Crippen LogP contribution in [0.2, 0.25) is 10.0 Å². The fourth-order valence-corrected chi connectivity index (χ4v) is 2.88. The molecule has 0 saturated carbocycles. The number of carbonyl (C=O) groups excluding carboxylic acids is 1. The Morgan fingerprint density at radius 1 is 1.30 bits per heavy atom. The van der Waals surface area contributed by atoms with Crippen LogP contribution in [0.1, 0.15) is 25.0 Å². The Morgan fingerprint density at radius 3 is 2.67 bits per heavy atom. The van der Waals surface area contributed by atoms with Crippen LogP contribution in [0.3, 0.4) is 0 Å². The molecule has 6 heteroatoms. The van der Waals surface area contributed by atoms with Crippen molar-refractivity contribution in [2.45, 2.75) is 20.8 Å². The number of halogens is 2. The Morgan fingerprint density at radius 2 is 2.04 bits per heavy atom. The minimum Gasteiger partial charge on any atom is -0.491 e. The van der Waals surface area contributed by atoms with E-state index < -0.39 is 5.91 Å². The molecule has 0 unspecified atom stereocenters. The van der Waals surface area contributed by atoms with E-state index in [9.17, 15) is 10.1 Å². The van der Waals surface area contributed by atoms with Gasteiger partial charge in [0.2, 0.25) is 0 Å². The SMILES string of the molecule is Cc1cccc(NC(=O)/C(C#N)=C/c2cc(Cl)cc(Cl)c2OCC(C)C)c1. The van der Waals surface area contributed by atoms with Crippen molar-refractivity contribution in [3.05, 3.63) is 63.1 Å². The zero-order valence-corrected chi connectivity index (χ0v) is 16.9. The van der Waals surface area contributed by atoms with Crippen molar-refractivity contribution < 1.29 is 9.53 Å². The number of anilines is 1. The summed E-state index contributed by atoms with van der Waals surface area (Å²) in [5.74, 6) is 0.161. The lowest BCUT2D eigenvalue weighted by Gasteiger charge is -2.14. The molecule has 1 N–H and O–H groups in total. The van der Waals surface area contributed by atoms with Gasteiger partial charge in [-0.15, -0.1) is 0 Å². The van der Waals surface area contributed by atoms with Gasteiger partial charge in [-0.2, -0.15) is 5.26 Å². The summed E-state index contributed by atoms with van der Waals surface area (Å²) in [6, 6.07) is 12.4. The van der Waals surface area contributed by atoms with Crippen LogP contribution in [-0.4, -0.2) is 12.5 Å². The van der Waals surface area contributed by atoms with Crippen molar-refractivity contribution in [2.75, 3.05) is 11.9 Å². The van der Waals surface area contributed by atoms with Crippen LogP contribution in [0.5, 0.6) is 5.75 Å². The van der Waals surface area contributed by atoms with Crippen molar-refractivity contribution in [1.29, 1.82) is 5.26 Å². The predicted octanol–water partition coefficient (Wildman–Crippen LogP) is 5.88. The van der Waals surface area contributed by atoms with Gasteiger partial charge in [-0.25, -0.2) is 0 Å². The summed E-state index contributed by atoms with van der Waals surface area (Å²) in [4.78, 5) is 12.5. The molecule has 0 fully saturated rings. The first-order chi connectivity index (χ1) is 12.8. The Balaban J connectivity index is 2.36. The van der Waals surface area contributed by atoms with Crippen LogP contribution in [0, 0.1) is 24.2 Å². The molecule has 1 amide bonds. The van der Waals surface area contributed by atoms with E-state index in [-0.39, 0.29) is 11.5 Å². The second-order valence-electron chi connectivity index (χ2n) is 6.50. The molecule has 0 aliphatic heterocycles. The third-order valence-corrected chi connectivity index (χ3v) is 4.04. The van der Waals surface area contributed by atoms with Gasteiger partial charge in [0.05, 0.1) is 11.6 Å². The molecule has 0 atom stereocenters. The minimum atomic E-state index is -0.519. The zero-order chi connectivity index (χ0) is 20.0. The van der Waals surface area contributed by atoms with Crippen molar-refractivity contribution >= 4 is 40.9 Å². The van der Waals surface area contributed by atoms with Crippen LogP contribution < -0.4 is 10.1 Å². The van der Waals surface area contributed by atoms with Crippen LogP contribution in [0.15, 0.2) is 42.0 Å². The maximum Gasteiger partial charge on any atom is 0.266 e. The molecule has 0 aromatic heterocycles. The van der Waals surface area contributed by atoms with E-state index in [4.69, 9.17) is 27.9 Å². The van der Waals surface area contributed by atoms with Gasteiger partial charge in [0.1, 0.15) is 17.4 Å². The molecular formula is C21H20Cl2N2O2. The second kappa shape index (κ2) is 9.45. The number of nitriles is 1. The average Bonchev–Trinajstić information content (AvgIpc) is 2.58. The maximum absolute atomic E-state index is 12.5. The molecule has 2 rings (SSSR count). The van der Waals surface area contributed by atoms with E-state index in [1.165, 1.54) is 6.08 Å². The first-order valence-corrected chi connectivity index (χ1v) is 9.17. The molecule has 140 valence electrons. The molecule has 2 aromatic rings. The van der Waals surface area contributed by atoms with Crippen LogP contribution in [0.4, 0.5) is 5.69 Å². The average molecular weight is 403 g/mol. The number of carbonyl (C=O) groups is 1. The van der Waals surface area contributed by atoms with Crippen LogP contribution in [-0.2, 0) is 4.79 Å². The quantitative estimate of drug-likeness (QED) is 0.484. The second-order valence-corrected chi connectivity index (χ2v) is 7.35. The van der Waals surface area contributed by atoms with E-state index in [1.807, 2.05) is 45.0 Å². The summed E-state index contributed by atoms with van der Waals surface area (Å²) in [6.45, 7) is 6.38. The summed E-state index contributed by atoms with van der Waals surface area (Å²) in [7, 11) is 0. The molecule has 0 saturated heterocycles. The van der Waals surface area contributed by atoms with E-state index >= 15 is 0 Å². The van der Waals surface area contributed by atoms with Crippen LogP contribution in [0.25, 0.3) is 6.08 Å². The standard InChI is InChI=1S/C21H20Cl2N2O2/c1-13(2)12-27-20-15(9-17(22)10-19(20)23)8-16(11-24)21(26)25-18-6-4-5-14(3)7-18/h4-10,13H,12H2,1-3H3,(H,25,26)/b16-8+. The summed E-state index contributed by atoms with van der Waals surface area (Å²) in [5.41, 5.74) is 2.01. The molecule has 0 aliphatic rings. The smallest absolute Gasteiger partial charge is 0.266 e. The van der Waals surface area contributed by atoms with Gasteiger partial charge in [0.15, 0.2) is 0 Å². The van der Waals surface area contributed by atoms with E-state index in [0.29, 0.717) is 33.7 Å². The largest absolute Gasteiger partial charge is 0.491 e. The normalized spacial score (nSPS) is 11.2. The lowest BCUT2D eigenvalue weighted by Crippen LogP contribution is -2.13. The number of aryl methyl sites for hydroxylation is 1. The molecule has 0 aliphatic carbocycles. The number of rotatable bonds is 6. The number of nitrogens with zero attached hydrogens (tertiary/aromatic N) is 1. The molecule has 0 bridgehead atoms. The highest BCUT2D eigenvalue weighted by molar-refractivity contribution is 6.36. The van der Waals surface area contributed by atoms with E-state index in [0.717, 1.165) is 5.56 Å². The zero-order valence-electron chi connectivity index (χ0n) is 15.3. The highest BCUT2D eigenvalue weighted by Gasteiger charge is 2.15. The van der Waals surface area contributed by atoms with Gasteiger partial charge < -0.3 is 10.1 Å². The number of amides is 1. The first kappa shape index (κ1) is 20.8. The van der Waals surface area contributed by atoms with Gasteiger partial charge in [0.25, 0.3) is 5.91 Å². The summed E-state index contributed by atoms with van der Waals surface area (Å²) in [5, 5.41) is 12.9. The van der Waals surface area contributed by atoms with Gasteiger partial charge in [-0.1, -0.05) is 49.2 Å². The number of ether oxygens (including phenoxy) is 1. The molecule has 0 radical (unpaired) electrons. The molecule has 27 heavy (non-hydrogen) atoms. The Labute approximate surface area is 169 Å². The summed E-state index contributed by atoms with van der Waals surface area (Å²) < 4.78 is 5.77. The third-order valence-electron chi connectivity index (χ3n) is 3.54. The van der Waals surface area contributed by atoms with E-state index in [2.05, 4.69) is 5.32 Å².